The topological polar surface area (TPSA) is 54.7 Å². The third-order valence-electron chi connectivity index (χ3n) is 4.21. The number of nitrogens with zero attached hydrogens (tertiary/aromatic N) is 2. The van der Waals surface area contributed by atoms with Crippen molar-refractivity contribution in [2.24, 2.45) is 5.41 Å². The van der Waals surface area contributed by atoms with Crippen molar-refractivity contribution >= 4 is 5.82 Å². The predicted molar refractivity (Wildman–Crippen MR) is 69.7 cm³/mol. The Morgan fingerprint density at radius 3 is 2.47 bits per heavy atom. The van der Waals surface area contributed by atoms with E-state index in [9.17, 15) is 0 Å². The molecule has 1 unspecified atom stereocenters. The van der Waals surface area contributed by atoms with Crippen molar-refractivity contribution in [3.8, 4) is 6.07 Å². The lowest BCUT2D eigenvalue weighted by Gasteiger charge is -2.20. The summed E-state index contributed by atoms with van der Waals surface area (Å²) in [4.78, 5) is 0. The van der Waals surface area contributed by atoms with Gasteiger partial charge in [0.2, 0.25) is 0 Å². The van der Waals surface area contributed by atoms with E-state index in [-0.39, 0.29) is 0 Å². The standard InChI is InChI=1S/C14H21N3/c1-9-10(2)17(13(16)12(9)8-15)11-5-6-14(3,4)7-11/h11H,5-7,16H2,1-4H3. The summed E-state index contributed by atoms with van der Waals surface area (Å²) in [5.74, 6) is 0.658. The minimum atomic E-state index is 0.397. The van der Waals surface area contributed by atoms with Crippen LogP contribution in [0.1, 0.15) is 56.0 Å². The van der Waals surface area contributed by atoms with Gasteiger partial charge in [0.15, 0.2) is 0 Å². The monoisotopic (exact) mass is 231 g/mol. The van der Waals surface area contributed by atoms with E-state index in [1.165, 1.54) is 6.42 Å². The van der Waals surface area contributed by atoms with Gasteiger partial charge in [0.05, 0.1) is 5.56 Å². The maximum absolute atomic E-state index is 9.14. The van der Waals surface area contributed by atoms with E-state index in [0.717, 1.165) is 24.1 Å². The smallest absolute Gasteiger partial charge is 0.122 e. The van der Waals surface area contributed by atoms with Gasteiger partial charge in [-0.3, -0.25) is 0 Å². The summed E-state index contributed by atoms with van der Waals surface area (Å²) in [7, 11) is 0. The summed E-state index contributed by atoms with van der Waals surface area (Å²) in [6.07, 6.45) is 3.55. The lowest BCUT2D eigenvalue weighted by Crippen LogP contribution is -2.13. The fourth-order valence-electron chi connectivity index (χ4n) is 3.09. The molecule has 1 aliphatic rings. The van der Waals surface area contributed by atoms with Gasteiger partial charge in [-0.05, 0) is 44.1 Å². The van der Waals surface area contributed by atoms with Crippen LogP contribution in [0.15, 0.2) is 0 Å². The van der Waals surface area contributed by atoms with Crippen LogP contribution in [0.5, 0.6) is 0 Å². The summed E-state index contributed by atoms with van der Waals surface area (Å²) in [6.45, 7) is 8.67. The first-order valence-corrected chi connectivity index (χ1v) is 6.24. The van der Waals surface area contributed by atoms with Crippen molar-refractivity contribution in [1.29, 1.82) is 5.26 Å². The highest BCUT2D eigenvalue weighted by molar-refractivity contribution is 5.58. The van der Waals surface area contributed by atoms with Crippen LogP contribution < -0.4 is 5.73 Å². The van der Waals surface area contributed by atoms with Crippen LogP contribution in [0.2, 0.25) is 0 Å². The number of nitrogens with two attached hydrogens (primary N) is 1. The molecule has 0 radical (unpaired) electrons. The molecule has 0 spiro atoms. The van der Waals surface area contributed by atoms with E-state index in [1.54, 1.807) is 0 Å². The van der Waals surface area contributed by atoms with Gasteiger partial charge in [-0.2, -0.15) is 5.26 Å². The second-order valence-electron chi connectivity index (χ2n) is 6.01. The summed E-state index contributed by atoms with van der Waals surface area (Å²) < 4.78 is 2.18. The van der Waals surface area contributed by atoms with E-state index >= 15 is 0 Å². The summed E-state index contributed by atoms with van der Waals surface area (Å²) in [5, 5.41) is 9.14. The lowest BCUT2D eigenvalue weighted by atomic mass is 9.92. The maximum Gasteiger partial charge on any atom is 0.122 e. The van der Waals surface area contributed by atoms with Crippen molar-refractivity contribution in [1.82, 2.24) is 4.57 Å². The largest absolute Gasteiger partial charge is 0.384 e. The predicted octanol–water partition coefficient (Wildman–Crippen LogP) is 3.31. The Morgan fingerprint density at radius 2 is 2.06 bits per heavy atom. The van der Waals surface area contributed by atoms with Crippen molar-refractivity contribution in [2.75, 3.05) is 5.73 Å². The molecular weight excluding hydrogens is 210 g/mol. The van der Waals surface area contributed by atoms with Gasteiger partial charge in [-0.1, -0.05) is 13.8 Å². The van der Waals surface area contributed by atoms with E-state index in [2.05, 4.69) is 31.4 Å². The second kappa shape index (κ2) is 3.80. The number of anilines is 1. The zero-order chi connectivity index (χ0) is 12.8. The van der Waals surface area contributed by atoms with E-state index in [4.69, 9.17) is 11.0 Å². The number of nitrogen functional groups attached to an aromatic ring is 1. The minimum absolute atomic E-state index is 0.397. The van der Waals surface area contributed by atoms with Crippen LogP contribution >= 0.6 is 0 Å². The number of hydrogen-bond acceptors (Lipinski definition) is 2. The summed E-state index contributed by atoms with van der Waals surface area (Å²) in [5.41, 5.74) is 9.37. The molecule has 2 rings (SSSR count). The average molecular weight is 231 g/mol. The first kappa shape index (κ1) is 12.0. The Hall–Kier alpha value is -1.43. The van der Waals surface area contributed by atoms with Crippen LogP contribution in [0.3, 0.4) is 0 Å². The first-order chi connectivity index (χ1) is 7.87. The Kier molecular flexibility index (Phi) is 2.69. The van der Waals surface area contributed by atoms with Gasteiger partial charge in [0.25, 0.3) is 0 Å². The molecule has 0 bridgehead atoms. The molecule has 0 amide bonds. The van der Waals surface area contributed by atoms with Crippen LogP contribution in [0.4, 0.5) is 5.82 Å². The third-order valence-corrected chi connectivity index (χ3v) is 4.21. The molecule has 0 aliphatic heterocycles. The molecule has 1 saturated carbocycles. The fourth-order valence-corrected chi connectivity index (χ4v) is 3.09. The summed E-state index contributed by atoms with van der Waals surface area (Å²) >= 11 is 0. The van der Waals surface area contributed by atoms with Crippen molar-refractivity contribution < 1.29 is 0 Å². The Bertz CT molecular complexity index is 489. The van der Waals surface area contributed by atoms with Crippen molar-refractivity contribution in [3.63, 3.8) is 0 Å². The molecule has 0 saturated heterocycles. The zero-order valence-electron chi connectivity index (χ0n) is 11.2. The Morgan fingerprint density at radius 1 is 1.41 bits per heavy atom. The van der Waals surface area contributed by atoms with Crippen LogP contribution in [-0.2, 0) is 0 Å². The minimum Gasteiger partial charge on any atom is -0.384 e. The van der Waals surface area contributed by atoms with Gasteiger partial charge in [-0.25, -0.2) is 0 Å². The zero-order valence-corrected chi connectivity index (χ0v) is 11.2. The molecule has 17 heavy (non-hydrogen) atoms. The number of hydrogen-bond donors (Lipinski definition) is 1. The number of rotatable bonds is 1. The molecule has 3 nitrogen and oxygen atoms in total. The van der Waals surface area contributed by atoms with Gasteiger partial charge < -0.3 is 10.3 Å². The highest BCUT2D eigenvalue weighted by Crippen LogP contribution is 2.45. The molecular formula is C14H21N3. The van der Waals surface area contributed by atoms with Crippen molar-refractivity contribution in [2.45, 2.75) is 53.0 Å². The highest BCUT2D eigenvalue weighted by atomic mass is 15.1. The quantitative estimate of drug-likeness (QED) is 0.806. The molecule has 1 aromatic rings. The molecule has 1 fully saturated rings. The molecule has 1 atom stereocenters. The second-order valence-corrected chi connectivity index (χ2v) is 6.01. The third kappa shape index (κ3) is 1.82. The lowest BCUT2D eigenvalue weighted by molar-refractivity contribution is 0.358. The van der Waals surface area contributed by atoms with Gasteiger partial charge in [0.1, 0.15) is 11.9 Å². The van der Waals surface area contributed by atoms with Crippen LogP contribution in [0.25, 0.3) is 0 Å². The molecule has 0 aromatic carbocycles. The van der Waals surface area contributed by atoms with E-state index < -0.39 is 0 Å². The molecule has 1 heterocycles. The van der Waals surface area contributed by atoms with E-state index in [0.29, 0.717) is 22.8 Å². The molecule has 1 aromatic heterocycles. The first-order valence-electron chi connectivity index (χ1n) is 6.24. The summed E-state index contributed by atoms with van der Waals surface area (Å²) in [6, 6.07) is 2.69. The van der Waals surface area contributed by atoms with Gasteiger partial charge in [0, 0.05) is 11.7 Å². The fraction of sp³-hybridized carbons (Fsp3) is 0.643. The SMILES string of the molecule is Cc1c(C#N)c(N)n(C2CCC(C)(C)C2)c1C. The molecule has 1 aliphatic carbocycles. The molecule has 3 heteroatoms. The number of nitriles is 1. The normalized spacial score (nSPS) is 22.6. The van der Waals surface area contributed by atoms with Crippen LogP contribution in [0, 0.1) is 30.6 Å². The Labute approximate surface area is 103 Å². The van der Waals surface area contributed by atoms with Crippen LogP contribution in [-0.4, -0.2) is 4.57 Å². The Balaban J connectivity index is 2.45. The maximum atomic E-state index is 9.14. The average Bonchev–Trinajstić information content (AvgIpc) is 2.68. The molecule has 2 N–H and O–H groups in total. The molecule has 92 valence electrons. The highest BCUT2D eigenvalue weighted by Gasteiger charge is 2.34. The number of aromatic nitrogens is 1. The van der Waals surface area contributed by atoms with Gasteiger partial charge in [-0.15, -0.1) is 0 Å². The van der Waals surface area contributed by atoms with Crippen molar-refractivity contribution in [3.05, 3.63) is 16.8 Å². The van der Waals surface area contributed by atoms with Gasteiger partial charge >= 0.3 is 0 Å². The van der Waals surface area contributed by atoms with E-state index in [1.807, 2.05) is 6.92 Å².